The van der Waals surface area contributed by atoms with Crippen molar-refractivity contribution in [3.8, 4) is 11.4 Å². The van der Waals surface area contributed by atoms with Gasteiger partial charge in [0.2, 0.25) is 17.6 Å². The second-order valence-electron chi connectivity index (χ2n) is 6.92. The summed E-state index contributed by atoms with van der Waals surface area (Å²) < 4.78 is 43.6. The second kappa shape index (κ2) is 8.23. The zero-order valence-corrected chi connectivity index (χ0v) is 15.8. The lowest BCUT2D eigenvalue weighted by molar-refractivity contribution is -0.137. The number of halogens is 3. The topological polar surface area (TPSA) is 84.2 Å². The summed E-state index contributed by atoms with van der Waals surface area (Å²) in [7, 11) is 0. The number of amides is 1. The molecule has 30 heavy (non-hydrogen) atoms. The Morgan fingerprint density at radius 2 is 1.87 bits per heavy atom. The van der Waals surface area contributed by atoms with Crippen molar-refractivity contribution in [1.29, 1.82) is 0 Å². The molecule has 10 heteroatoms. The molecule has 1 aliphatic rings. The number of carbonyl (C=O) groups is 1. The first-order valence-corrected chi connectivity index (χ1v) is 9.31. The van der Waals surface area contributed by atoms with Gasteiger partial charge < -0.3 is 9.84 Å². The number of carbonyl (C=O) groups excluding carboxylic acids is 1. The molecular formula is C20H18F3N5O2. The van der Waals surface area contributed by atoms with Gasteiger partial charge in [0, 0.05) is 37.6 Å². The molecule has 2 aromatic heterocycles. The lowest BCUT2D eigenvalue weighted by atomic mass is 10.1. The SMILES string of the molecule is O=C1NCCN(Cc2ccc(C(F)(F)F)cc2)C1Cc1nc(-c2ccncc2)no1. The molecule has 1 amide bonds. The summed E-state index contributed by atoms with van der Waals surface area (Å²) >= 11 is 0. The van der Waals surface area contributed by atoms with Crippen LogP contribution in [0.4, 0.5) is 13.2 Å². The van der Waals surface area contributed by atoms with Gasteiger partial charge in [-0.25, -0.2) is 0 Å². The molecule has 0 saturated carbocycles. The lowest BCUT2D eigenvalue weighted by Crippen LogP contribution is -2.55. The Balaban J connectivity index is 1.48. The standard InChI is InChI=1S/C20H18F3N5O2/c21-20(22,23)15-3-1-13(2-4-15)12-28-10-9-25-19(29)16(28)11-17-26-18(27-30-17)14-5-7-24-8-6-14/h1-8,16H,9-12H2,(H,25,29). The molecule has 1 atom stereocenters. The molecule has 1 aromatic carbocycles. The van der Waals surface area contributed by atoms with Crippen LogP contribution in [0.5, 0.6) is 0 Å². The van der Waals surface area contributed by atoms with E-state index in [0.717, 1.165) is 17.7 Å². The molecule has 3 aromatic rings. The fourth-order valence-corrected chi connectivity index (χ4v) is 3.33. The number of hydrogen-bond acceptors (Lipinski definition) is 6. The van der Waals surface area contributed by atoms with Gasteiger partial charge in [-0.2, -0.15) is 18.2 Å². The molecule has 1 N–H and O–H groups in total. The van der Waals surface area contributed by atoms with E-state index in [1.165, 1.54) is 12.1 Å². The van der Waals surface area contributed by atoms with Gasteiger partial charge in [-0.3, -0.25) is 14.7 Å². The molecule has 156 valence electrons. The Bertz CT molecular complexity index is 1010. The van der Waals surface area contributed by atoms with E-state index in [4.69, 9.17) is 4.52 Å². The van der Waals surface area contributed by atoms with Crippen molar-refractivity contribution in [2.75, 3.05) is 13.1 Å². The minimum Gasteiger partial charge on any atom is -0.353 e. The first kappa shape index (κ1) is 20.0. The number of nitrogens with one attached hydrogen (secondary N) is 1. The summed E-state index contributed by atoms with van der Waals surface area (Å²) in [6.07, 6.45) is -0.946. The van der Waals surface area contributed by atoms with Crippen LogP contribution in [0.15, 0.2) is 53.3 Å². The van der Waals surface area contributed by atoms with Gasteiger partial charge in [0.15, 0.2) is 0 Å². The molecule has 0 radical (unpaired) electrons. The Morgan fingerprint density at radius 1 is 1.13 bits per heavy atom. The van der Waals surface area contributed by atoms with Gasteiger partial charge >= 0.3 is 6.18 Å². The molecule has 1 saturated heterocycles. The van der Waals surface area contributed by atoms with E-state index in [1.54, 1.807) is 24.5 Å². The maximum Gasteiger partial charge on any atom is 0.416 e. The first-order valence-electron chi connectivity index (χ1n) is 9.31. The number of aromatic nitrogens is 3. The average molecular weight is 417 g/mol. The Hall–Kier alpha value is -3.27. The fraction of sp³-hybridized carbons (Fsp3) is 0.300. The van der Waals surface area contributed by atoms with Crippen LogP contribution in [0.2, 0.25) is 0 Å². The number of pyridine rings is 1. The number of rotatable bonds is 5. The van der Waals surface area contributed by atoms with Crippen molar-refractivity contribution in [1.82, 2.24) is 25.3 Å². The molecule has 0 aliphatic carbocycles. The van der Waals surface area contributed by atoms with Crippen molar-refractivity contribution in [3.05, 3.63) is 65.8 Å². The summed E-state index contributed by atoms with van der Waals surface area (Å²) in [4.78, 5) is 22.7. The van der Waals surface area contributed by atoms with Crippen LogP contribution in [0.3, 0.4) is 0 Å². The minimum atomic E-state index is -4.38. The maximum absolute atomic E-state index is 12.8. The van der Waals surface area contributed by atoms with Gasteiger partial charge in [0.1, 0.15) is 0 Å². The Labute approximate surface area is 169 Å². The van der Waals surface area contributed by atoms with Crippen molar-refractivity contribution in [2.24, 2.45) is 0 Å². The quantitative estimate of drug-likeness (QED) is 0.687. The number of piperazine rings is 1. The molecule has 7 nitrogen and oxygen atoms in total. The van der Waals surface area contributed by atoms with Crippen LogP contribution >= 0.6 is 0 Å². The van der Waals surface area contributed by atoms with Gasteiger partial charge in [0.25, 0.3) is 0 Å². The number of benzene rings is 1. The van der Waals surface area contributed by atoms with Gasteiger partial charge in [0.05, 0.1) is 18.0 Å². The van der Waals surface area contributed by atoms with Gasteiger partial charge in [-0.1, -0.05) is 17.3 Å². The van der Waals surface area contributed by atoms with Crippen molar-refractivity contribution >= 4 is 5.91 Å². The van der Waals surface area contributed by atoms with Crippen molar-refractivity contribution in [3.63, 3.8) is 0 Å². The highest BCUT2D eigenvalue weighted by Crippen LogP contribution is 2.29. The van der Waals surface area contributed by atoms with Crippen LogP contribution in [0.25, 0.3) is 11.4 Å². The third-order valence-corrected chi connectivity index (χ3v) is 4.88. The van der Waals surface area contributed by atoms with Crippen LogP contribution in [0.1, 0.15) is 17.0 Å². The minimum absolute atomic E-state index is 0.183. The van der Waals surface area contributed by atoms with Gasteiger partial charge in [-0.15, -0.1) is 0 Å². The summed E-state index contributed by atoms with van der Waals surface area (Å²) in [5.41, 5.74) is 0.731. The average Bonchev–Trinajstić information content (AvgIpc) is 3.20. The first-order chi connectivity index (χ1) is 14.4. The van der Waals surface area contributed by atoms with E-state index in [0.29, 0.717) is 36.9 Å². The number of alkyl halides is 3. The largest absolute Gasteiger partial charge is 0.416 e. The normalized spacial score (nSPS) is 17.7. The summed E-state index contributed by atoms with van der Waals surface area (Å²) in [6.45, 7) is 1.35. The predicted octanol–water partition coefficient (Wildman–Crippen LogP) is 2.69. The summed E-state index contributed by atoms with van der Waals surface area (Å²) in [5.74, 6) is 0.524. The zero-order valence-electron chi connectivity index (χ0n) is 15.8. The van der Waals surface area contributed by atoms with Crippen molar-refractivity contribution in [2.45, 2.75) is 25.2 Å². The zero-order chi connectivity index (χ0) is 21.1. The molecule has 1 unspecified atom stereocenters. The summed E-state index contributed by atoms with van der Waals surface area (Å²) in [5, 5.41) is 6.76. The van der Waals surface area contributed by atoms with Crippen LogP contribution in [-0.4, -0.2) is 45.1 Å². The van der Waals surface area contributed by atoms with E-state index in [1.807, 2.05) is 4.90 Å². The highest BCUT2D eigenvalue weighted by Gasteiger charge is 2.33. The highest BCUT2D eigenvalue weighted by atomic mass is 19.4. The van der Waals surface area contributed by atoms with E-state index in [9.17, 15) is 18.0 Å². The van der Waals surface area contributed by atoms with Gasteiger partial charge in [-0.05, 0) is 29.8 Å². The monoisotopic (exact) mass is 417 g/mol. The lowest BCUT2D eigenvalue weighted by Gasteiger charge is -2.34. The third-order valence-electron chi connectivity index (χ3n) is 4.88. The molecule has 0 spiro atoms. The number of nitrogens with zero attached hydrogens (tertiary/aromatic N) is 4. The molecule has 0 bridgehead atoms. The summed E-state index contributed by atoms with van der Waals surface area (Å²) in [6, 6.07) is 7.89. The molecule has 3 heterocycles. The van der Waals surface area contributed by atoms with E-state index in [2.05, 4.69) is 20.4 Å². The molecule has 1 fully saturated rings. The second-order valence-corrected chi connectivity index (χ2v) is 6.92. The van der Waals surface area contributed by atoms with Crippen molar-refractivity contribution < 1.29 is 22.5 Å². The van der Waals surface area contributed by atoms with E-state index in [-0.39, 0.29) is 12.3 Å². The van der Waals surface area contributed by atoms with E-state index < -0.39 is 17.8 Å². The maximum atomic E-state index is 12.8. The number of hydrogen-bond donors (Lipinski definition) is 1. The van der Waals surface area contributed by atoms with Crippen LogP contribution in [0, 0.1) is 0 Å². The Morgan fingerprint density at radius 3 is 2.57 bits per heavy atom. The predicted molar refractivity (Wildman–Crippen MR) is 99.9 cm³/mol. The smallest absolute Gasteiger partial charge is 0.353 e. The molecular weight excluding hydrogens is 399 g/mol. The molecule has 4 rings (SSSR count). The third kappa shape index (κ3) is 4.48. The van der Waals surface area contributed by atoms with E-state index >= 15 is 0 Å². The Kier molecular flexibility index (Phi) is 5.49. The molecule has 1 aliphatic heterocycles. The van der Waals surface area contributed by atoms with Crippen LogP contribution < -0.4 is 5.32 Å². The fourth-order valence-electron chi connectivity index (χ4n) is 3.33. The highest BCUT2D eigenvalue weighted by molar-refractivity contribution is 5.82. The van der Waals surface area contributed by atoms with Crippen LogP contribution in [-0.2, 0) is 23.9 Å².